The van der Waals surface area contributed by atoms with E-state index in [1.807, 2.05) is 22.6 Å². The maximum Gasteiger partial charge on any atom is 0.391 e. The first-order valence-electron chi connectivity index (χ1n) is 5.67. The van der Waals surface area contributed by atoms with Crippen LogP contribution in [0.1, 0.15) is 33.1 Å². The Balaban J connectivity index is 4.49. The maximum atomic E-state index is 12.4. The molecule has 0 nitrogen and oxygen atoms in total. The standard InChI is InChI=1S/C11H17F6I/c1-7(10(12,13)14)5-9(3-4-18)6-8(2)11(15,16)17/h7-9H,3-6H2,1-2H3. The molecule has 0 saturated carbocycles. The molecule has 0 radical (unpaired) electrons. The highest BCUT2D eigenvalue weighted by Crippen LogP contribution is 2.37. The Morgan fingerprint density at radius 2 is 1.17 bits per heavy atom. The van der Waals surface area contributed by atoms with Crippen LogP contribution in [0.15, 0.2) is 0 Å². The van der Waals surface area contributed by atoms with Gasteiger partial charge in [-0.15, -0.1) is 0 Å². The molecule has 0 aromatic heterocycles. The summed E-state index contributed by atoms with van der Waals surface area (Å²) >= 11 is 1.98. The second-order valence-electron chi connectivity index (χ2n) is 4.70. The summed E-state index contributed by atoms with van der Waals surface area (Å²) in [6.45, 7) is 2.05. The van der Waals surface area contributed by atoms with Crippen molar-refractivity contribution in [2.75, 3.05) is 4.43 Å². The second-order valence-corrected chi connectivity index (χ2v) is 5.78. The average Bonchev–Trinajstić information content (AvgIpc) is 2.14. The molecule has 0 bridgehead atoms. The van der Waals surface area contributed by atoms with Crippen molar-refractivity contribution >= 4 is 22.6 Å². The minimum Gasteiger partial charge on any atom is -0.171 e. The van der Waals surface area contributed by atoms with Gasteiger partial charge >= 0.3 is 12.4 Å². The van der Waals surface area contributed by atoms with Gasteiger partial charge in [0.25, 0.3) is 0 Å². The predicted octanol–water partition coefficient (Wildman–Crippen LogP) is 5.60. The van der Waals surface area contributed by atoms with Crippen molar-refractivity contribution in [3.8, 4) is 0 Å². The lowest BCUT2D eigenvalue weighted by Crippen LogP contribution is -2.27. The van der Waals surface area contributed by atoms with Crippen LogP contribution in [0.2, 0.25) is 0 Å². The Hall–Kier alpha value is 0.310. The van der Waals surface area contributed by atoms with Gasteiger partial charge in [0.15, 0.2) is 0 Å². The van der Waals surface area contributed by atoms with Crippen LogP contribution in [-0.2, 0) is 0 Å². The molecule has 2 unspecified atom stereocenters. The van der Waals surface area contributed by atoms with Crippen LogP contribution in [0.3, 0.4) is 0 Å². The Morgan fingerprint density at radius 1 is 0.833 bits per heavy atom. The third kappa shape index (κ3) is 7.04. The smallest absolute Gasteiger partial charge is 0.171 e. The summed E-state index contributed by atoms with van der Waals surface area (Å²) < 4.78 is 74.9. The molecule has 0 saturated heterocycles. The zero-order valence-electron chi connectivity index (χ0n) is 10.2. The van der Waals surface area contributed by atoms with E-state index in [4.69, 9.17) is 0 Å². The van der Waals surface area contributed by atoms with E-state index in [0.29, 0.717) is 10.8 Å². The fourth-order valence-corrected chi connectivity index (χ4v) is 2.63. The third-order valence-corrected chi connectivity index (χ3v) is 3.63. The van der Waals surface area contributed by atoms with E-state index in [1.54, 1.807) is 0 Å². The molecule has 0 aromatic rings. The Kier molecular flexibility index (Phi) is 7.31. The van der Waals surface area contributed by atoms with Crippen LogP contribution in [0.25, 0.3) is 0 Å². The molecule has 0 aliphatic carbocycles. The van der Waals surface area contributed by atoms with Crippen LogP contribution in [0.4, 0.5) is 26.3 Å². The van der Waals surface area contributed by atoms with E-state index in [2.05, 4.69) is 0 Å². The van der Waals surface area contributed by atoms with Crippen molar-refractivity contribution < 1.29 is 26.3 Å². The minimum absolute atomic E-state index is 0.229. The number of hydrogen-bond donors (Lipinski definition) is 0. The van der Waals surface area contributed by atoms with Gasteiger partial charge in [-0.25, -0.2) is 0 Å². The third-order valence-electron chi connectivity index (χ3n) is 3.01. The van der Waals surface area contributed by atoms with E-state index in [-0.39, 0.29) is 12.8 Å². The molecule has 0 aromatic carbocycles. The monoisotopic (exact) mass is 390 g/mol. The SMILES string of the molecule is CC(CC(CCI)CC(C)C(F)(F)F)C(F)(F)F. The highest BCUT2D eigenvalue weighted by atomic mass is 127. The van der Waals surface area contributed by atoms with Crippen molar-refractivity contribution in [1.29, 1.82) is 0 Å². The fraction of sp³-hybridized carbons (Fsp3) is 1.00. The second kappa shape index (κ2) is 7.19. The molecule has 0 aliphatic rings. The first-order valence-corrected chi connectivity index (χ1v) is 7.20. The summed E-state index contributed by atoms with van der Waals surface area (Å²) in [6.07, 6.45) is -8.72. The van der Waals surface area contributed by atoms with E-state index in [9.17, 15) is 26.3 Å². The summed E-state index contributed by atoms with van der Waals surface area (Å²) in [6, 6.07) is 0. The Morgan fingerprint density at radius 3 is 1.39 bits per heavy atom. The van der Waals surface area contributed by atoms with Crippen LogP contribution < -0.4 is 0 Å². The van der Waals surface area contributed by atoms with Gasteiger partial charge in [0.05, 0.1) is 11.8 Å². The summed E-state index contributed by atoms with van der Waals surface area (Å²) in [5.41, 5.74) is 0. The molecule has 110 valence electrons. The largest absolute Gasteiger partial charge is 0.391 e. The van der Waals surface area contributed by atoms with Crippen LogP contribution in [0.5, 0.6) is 0 Å². The molecule has 0 rings (SSSR count). The quantitative estimate of drug-likeness (QED) is 0.315. The zero-order valence-corrected chi connectivity index (χ0v) is 12.4. The lowest BCUT2D eigenvalue weighted by atomic mass is 9.86. The van der Waals surface area contributed by atoms with Crippen molar-refractivity contribution in [1.82, 2.24) is 0 Å². The van der Waals surface area contributed by atoms with Crippen molar-refractivity contribution in [2.24, 2.45) is 17.8 Å². The molecule has 0 aliphatic heterocycles. The number of alkyl halides is 7. The molecule has 0 amide bonds. The zero-order chi connectivity index (χ0) is 14.6. The van der Waals surface area contributed by atoms with Crippen LogP contribution >= 0.6 is 22.6 Å². The molecular weight excluding hydrogens is 373 g/mol. The van der Waals surface area contributed by atoms with Gasteiger partial charge in [-0.3, -0.25) is 0 Å². The number of rotatable bonds is 6. The van der Waals surface area contributed by atoms with Crippen molar-refractivity contribution in [3.05, 3.63) is 0 Å². The Labute approximate surface area is 117 Å². The molecule has 0 N–H and O–H groups in total. The Bertz CT molecular complexity index is 213. The average molecular weight is 390 g/mol. The molecule has 0 fully saturated rings. The van der Waals surface area contributed by atoms with Crippen molar-refractivity contribution in [2.45, 2.75) is 45.5 Å². The van der Waals surface area contributed by atoms with Gasteiger partial charge in [-0.05, 0) is 29.6 Å². The summed E-state index contributed by atoms with van der Waals surface area (Å²) in [4.78, 5) is 0. The first kappa shape index (κ1) is 18.3. The summed E-state index contributed by atoms with van der Waals surface area (Å²) in [5, 5.41) is 0. The molecular formula is C11H17F6I. The molecule has 0 heterocycles. The predicted molar refractivity (Wildman–Crippen MR) is 66.7 cm³/mol. The molecule has 18 heavy (non-hydrogen) atoms. The molecule has 2 atom stereocenters. The minimum atomic E-state index is -4.33. The van der Waals surface area contributed by atoms with Crippen LogP contribution in [0, 0.1) is 17.8 Å². The van der Waals surface area contributed by atoms with Gasteiger partial charge in [0, 0.05) is 0 Å². The van der Waals surface area contributed by atoms with E-state index in [0.717, 1.165) is 13.8 Å². The normalized spacial score (nSPS) is 18.5. The van der Waals surface area contributed by atoms with Gasteiger partial charge in [-0.1, -0.05) is 36.4 Å². The van der Waals surface area contributed by atoms with E-state index < -0.39 is 30.1 Å². The topological polar surface area (TPSA) is 0 Å². The number of halogens is 7. The molecule has 0 spiro atoms. The van der Waals surface area contributed by atoms with E-state index >= 15 is 0 Å². The van der Waals surface area contributed by atoms with Gasteiger partial charge in [0.2, 0.25) is 0 Å². The van der Waals surface area contributed by atoms with Gasteiger partial charge in [0.1, 0.15) is 0 Å². The lowest BCUT2D eigenvalue weighted by Gasteiger charge is -2.25. The highest BCUT2D eigenvalue weighted by Gasteiger charge is 2.40. The maximum absolute atomic E-state index is 12.4. The number of hydrogen-bond acceptors (Lipinski definition) is 0. The fourth-order valence-electron chi connectivity index (χ4n) is 1.75. The first-order chi connectivity index (χ1) is 7.98. The summed E-state index contributed by atoms with van der Waals surface area (Å²) in [5.74, 6) is -3.63. The summed E-state index contributed by atoms with van der Waals surface area (Å²) in [7, 11) is 0. The van der Waals surface area contributed by atoms with Gasteiger partial charge < -0.3 is 0 Å². The highest BCUT2D eigenvalue weighted by molar-refractivity contribution is 14.1. The van der Waals surface area contributed by atoms with Crippen molar-refractivity contribution in [3.63, 3.8) is 0 Å². The van der Waals surface area contributed by atoms with Crippen LogP contribution in [-0.4, -0.2) is 16.8 Å². The molecule has 7 heteroatoms. The lowest BCUT2D eigenvalue weighted by molar-refractivity contribution is -0.182. The van der Waals surface area contributed by atoms with Gasteiger partial charge in [-0.2, -0.15) is 26.3 Å². The van der Waals surface area contributed by atoms with E-state index in [1.165, 1.54) is 0 Å².